The van der Waals surface area contributed by atoms with E-state index in [-0.39, 0.29) is 0 Å². The average Bonchev–Trinajstić information content (AvgIpc) is 2.40. The van der Waals surface area contributed by atoms with Gasteiger partial charge in [-0.3, -0.25) is 4.98 Å². The van der Waals surface area contributed by atoms with Gasteiger partial charge >= 0.3 is 0 Å². The third-order valence-corrected chi connectivity index (χ3v) is 3.72. The summed E-state index contributed by atoms with van der Waals surface area (Å²) in [6, 6.07) is 2.64. The third-order valence-electron chi connectivity index (χ3n) is 3.11. The fourth-order valence-electron chi connectivity index (χ4n) is 2.33. The van der Waals surface area contributed by atoms with E-state index in [0.717, 1.165) is 17.6 Å². The first-order chi connectivity index (χ1) is 7.68. The second-order valence-corrected chi connectivity index (χ2v) is 5.34. The van der Waals surface area contributed by atoms with E-state index in [1.165, 1.54) is 18.7 Å². The lowest BCUT2D eigenvalue weighted by Gasteiger charge is -2.30. The molecule has 0 saturated carbocycles. The fourth-order valence-corrected chi connectivity index (χ4v) is 2.81. The highest BCUT2D eigenvalue weighted by Crippen LogP contribution is 2.27. The summed E-state index contributed by atoms with van der Waals surface area (Å²) >= 11 is 3.58. The van der Waals surface area contributed by atoms with Crippen molar-refractivity contribution in [2.24, 2.45) is 0 Å². The predicted octanol–water partition coefficient (Wildman–Crippen LogP) is 2.37. The number of halogens is 1. The number of hydrogen-bond acceptors (Lipinski definition) is 3. The molecule has 0 aromatic carbocycles. The van der Waals surface area contributed by atoms with Crippen molar-refractivity contribution in [2.45, 2.75) is 19.4 Å². The molecule has 0 amide bonds. The SMILES string of the molecule is CC1CN(C)CCCN1c1ccncc1Br. The molecule has 3 nitrogen and oxygen atoms in total. The molecule has 1 aromatic rings. The molecule has 4 heteroatoms. The number of aromatic nitrogens is 1. The first-order valence-corrected chi connectivity index (χ1v) is 6.52. The van der Waals surface area contributed by atoms with E-state index in [9.17, 15) is 0 Å². The lowest BCUT2D eigenvalue weighted by Crippen LogP contribution is -2.38. The van der Waals surface area contributed by atoms with E-state index in [4.69, 9.17) is 0 Å². The first-order valence-electron chi connectivity index (χ1n) is 5.73. The summed E-state index contributed by atoms with van der Waals surface area (Å²) in [4.78, 5) is 8.99. The second-order valence-electron chi connectivity index (χ2n) is 4.49. The smallest absolute Gasteiger partial charge is 0.0592 e. The van der Waals surface area contributed by atoms with Gasteiger partial charge in [-0.15, -0.1) is 0 Å². The number of hydrogen-bond donors (Lipinski definition) is 0. The van der Waals surface area contributed by atoms with Crippen LogP contribution < -0.4 is 4.90 Å². The molecule has 1 fully saturated rings. The molecule has 88 valence electrons. The zero-order valence-corrected chi connectivity index (χ0v) is 11.4. The maximum Gasteiger partial charge on any atom is 0.0592 e. The van der Waals surface area contributed by atoms with Crippen LogP contribution >= 0.6 is 15.9 Å². The number of anilines is 1. The molecule has 1 aliphatic rings. The van der Waals surface area contributed by atoms with Gasteiger partial charge in [0.15, 0.2) is 0 Å². The van der Waals surface area contributed by atoms with Crippen LogP contribution in [-0.4, -0.2) is 42.6 Å². The minimum Gasteiger partial charge on any atom is -0.366 e. The van der Waals surface area contributed by atoms with Crippen molar-refractivity contribution < 1.29 is 0 Å². The summed E-state index contributed by atoms with van der Waals surface area (Å²) in [6.07, 6.45) is 4.95. The van der Waals surface area contributed by atoms with E-state index in [1.54, 1.807) is 0 Å². The Morgan fingerprint density at radius 2 is 2.25 bits per heavy atom. The molecular formula is C12H18BrN3. The Bertz CT molecular complexity index is 356. The van der Waals surface area contributed by atoms with Crippen LogP contribution in [0.5, 0.6) is 0 Å². The number of nitrogens with zero attached hydrogens (tertiary/aromatic N) is 3. The Labute approximate surface area is 106 Å². The monoisotopic (exact) mass is 283 g/mol. The highest BCUT2D eigenvalue weighted by molar-refractivity contribution is 9.10. The molecule has 0 bridgehead atoms. The highest BCUT2D eigenvalue weighted by atomic mass is 79.9. The molecule has 2 rings (SSSR count). The van der Waals surface area contributed by atoms with Crippen LogP contribution in [0.3, 0.4) is 0 Å². The predicted molar refractivity (Wildman–Crippen MR) is 70.9 cm³/mol. The van der Waals surface area contributed by atoms with E-state index < -0.39 is 0 Å². The molecular weight excluding hydrogens is 266 g/mol. The van der Waals surface area contributed by atoms with Crippen molar-refractivity contribution in [3.8, 4) is 0 Å². The zero-order valence-electron chi connectivity index (χ0n) is 9.86. The lowest BCUT2D eigenvalue weighted by atomic mass is 10.2. The average molecular weight is 284 g/mol. The van der Waals surface area contributed by atoms with Crippen LogP contribution in [0.4, 0.5) is 5.69 Å². The van der Waals surface area contributed by atoms with Crippen molar-refractivity contribution in [2.75, 3.05) is 31.6 Å². The first kappa shape index (κ1) is 11.9. The van der Waals surface area contributed by atoms with Crippen molar-refractivity contribution >= 4 is 21.6 Å². The standard InChI is InChI=1S/C12H18BrN3/c1-10-9-15(2)6-3-7-16(10)12-4-5-14-8-11(12)13/h4-5,8,10H,3,6-7,9H2,1-2H3. The molecule has 1 aromatic heterocycles. The minimum absolute atomic E-state index is 0.547. The Kier molecular flexibility index (Phi) is 3.82. The van der Waals surface area contributed by atoms with E-state index in [1.807, 2.05) is 12.4 Å². The fraction of sp³-hybridized carbons (Fsp3) is 0.583. The molecule has 1 atom stereocenters. The summed E-state index contributed by atoms with van der Waals surface area (Å²) in [5, 5.41) is 0. The molecule has 16 heavy (non-hydrogen) atoms. The molecule has 1 aliphatic heterocycles. The summed E-state index contributed by atoms with van der Waals surface area (Å²) in [6.45, 7) is 5.71. The summed E-state index contributed by atoms with van der Waals surface area (Å²) in [5.74, 6) is 0. The Morgan fingerprint density at radius 3 is 3.00 bits per heavy atom. The Hall–Kier alpha value is -0.610. The molecule has 1 unspecified atom stereocenters. The van der Waals surface area contributed by atoms with Gasteiger partial charge in [0.05, 0.1) is 10.2 Å². The molecule has 2 heterocycles. The largest absolute Gasteiger partial charge is 0.366 e. The van der Waals surface area contributed by atoms with Gasteiger partial charge in [0.1, 0.15) is 0 Å². The van der Waals surface area contributed by atoms with Gasteiger partial charge in [0.25, 0.3) is 0 Å². The van der Waals surface area contributed by atoms with Gasteiger partial charge < -0.3 is 9.80 Å². The molecule has 0 N–H and O–H groups in total. The maximum absolute atomic E-state index is 4.12. The van der Waals surface area contributed by atoms with Crippen molar-refractivity contribution in [3.63, 3.8) is 0 Å². The van der Waals surface area contributed by atoms with Crippen LogP contribution in [-0.2, 0) is 0 Å². The van der Waals surface area contributed by atoms with Crippen molar-refractivity contribution in [1.82, 2.24) is 9.88 Å². The van der Waals surface area contributed by atoms with Crippen LogP contribution in [0.25, 0.3) is 0 Å². The maximum atomic E-state index is 4.12. The Morgan fingerprint density at radius 1 is 1.44 bits per heavy atom. The highest BCUT2D eigenvalue weighted by Gasteiger charge is 2.21. The van der Waals surface area contributed by atoms with Crippen molar-refractivity contribution in [3.05, 3.63) is 22.9 Å². The normalized spacial score (nSPS) is 23.2. The van der Waals surface area contributed by atoms with E-state index in [2.05, 4.69) is 50.8 Å². The van der Waals surface area contributed by atoms with E-state index >= 15 is 0 Å². The number of rotatable bonds is 1. The van der Waals surface area contributed by atoms with Crippen LogP contribution in [0, 0.1) is 0 Å². The van der Waals surface area contributed by atoms with Gasteiger partial charge in [-0.1, -0.05) is 0 Å². The van der Waals surface area contributed by atoms with Gasteiger partial charge in [-0.05, 0) is 48.9 Å². The summed E-state index contributed by atoms with van der Waals surface area (Å²) in [5.41, 5.74) is 1.26. The van der Waals surface area contributed by atoms with Gasteiger partial charge in [0, 0.05) is 31.5 Å². The third kappa shape index (κ3) is 2.55. The van der Waals surface area contributed by atoms with E-state index in [0.29, 0.717) is 6.04 Å². The topological polar surface area (TPSA) is 19.4 Å². The molecule has 0 spiro atoms. The van der Waals surface area contributed by atoms with Gasteiger partial charge in [-0.25, -0.2) is 0 Å². The van der Waals surface area contributed by atoms with Crippen LogP contribution in [0.1, 0.15) is 13.3 Å². The number of pyridine rings is 1. The lowest BCUT2D eigenvalue weighted by molar-refractivity contribution is 0.337. The van der Waals surface area contributed by atoms with Crippen LogP contribution in [0.2, 0.25) is 0 Å². The Balaban J connectivity index is 2.22. The zero-order chi connectivity index (χ0) is 11.5. The summed E-state index contributed by atoms with van der Waals surface area (Å²) < 4.78 is 1.09. The number of likely N-dealkylation sites (N-methyl/N-ethyl adjacent to an activating group) is 1. The van der Waals surface area contributed by atoms with Gasteiger partial charge in [-0.2, -0.15) is 0 Å². The molecule has 0 aliphatic carbocycles. The van der Waals surface area contributed by atoms with Gasteiger partial charge in [0.2, 0.25) is 0 Å². The van der Waals surface area contributed by atoms with Crippen molar-refractivity contribution in [1.29, 1.82) is 0 Å². The molecule has 0 radical (unpaired) electrons. The molecule has 1 saturated heterocycles. The summed E-state index contributed by atoms with van der Waals surface area (Å²) in [7, 11) is 2.20. The minimum atomic E-state index is 0.547. The quantitative estimate of drug-likeness (QED) is 0.789. The second kappa shape index (κ2) is 5.15. The van der Waals surface area contributed by atoms with Crippen LogP contribution in [0.15, 0.2) is 22.9 Å².